The standard InChI is InChI=1S/C10H11ClN4O3/c11-9-6-10(13-2-12-9)15(3-14-6)4-1-5(16)8(18)7(4)17/h2-5,7-8,16-18H,1H2/t4-,5+,7+,8-/m0/s1. The molecule has 0 aromatic carbocycles. The van der Waals surface area contributed by atoms with Crippen molar-refractivity contribution in [1.29, 1.82) is 0 Å². The third-order valence-electron chi connectivity index (χ3n) is 3.29. The Bertz CT molecular complexity index is 590. The number of halogens is 1. The first-order valence-electron chi connectivity index (χ1n) is 5.47. The molecule has 8 heteroatoms. The molecule has 18 heavy (non-hydrogen) atoms. The molecule has 2 aromatic heterocycles. The summed E-state index contributed by atoms with van der Waals surface area (Å²) >= 11 is 5.88. The van der Waals surface area contributed by atoms with Crippen LogP contribution in [0.3, 0.4) is 0 Å². The number of hydrogen-bond acceptors (Lipinski definition) is 6. The third-order valence-corrected chi connectivity index (χ3v) is 3.57. The Labute approximate surface area is 107 Å². The Kier molecular flexibility index (Phi) is 2.70. The van der Waals surface area contributed by atoms with Crippen molar-refractivity contribution in [2.24, 2.45) is 0 Å². The van der Waals surface area contributed by atoms with Crippen LogP contribution in [0.4, 0.5) is 0 Å². The van der Waals surface area contributed by atoms with Crippen molar-refractivity contribution in [3.63, 3.8) is 0 Å². The first kappa shape index (κ1) is 11.8. The molecule has 4 atom stereocenters. The minimum atomic E-state index is -1.16. The maximum Gasteiger partial charge on any atom is 0.165 e. The molecule has 1 fully saturated rings. The molecule has 0 unspecified atom stereocenters. The zero-order chi connectivity index (χ0) is 12.9. The highest BCUT2D eigenvalue weighted by Crippen LogP contribution is 2.33. The molecule has 1 aliphatic carbocycles. The van der Waals surface area contributed by atoms with E-state index in [4.69, 9.17) is 11.6 Å². The number of hydrogen-bond donors (Lipinski definition) is 3. The van der Waals surface area contributed by atoms with Crippen molar-refractivity contribution < 1.29 is 15.3 Å². The van der Waals surface area contributed by atoms with Crippen molar-refractivity contribution in [3.8, 4) is 0 Å². The highest BCUT2D eigenvalue weighted by molar-refractivity contribution is 6.33. The SMILES string of the molecule is O[C@@H]1[C@H](O)[C@@H](n2cnc3c(Cl)ncnc32)C[C@H]1O. The van der Waals surface area contributed by atoms with Crippen molar-refractivity contribution in [2.45, 2.75) is 30.8 Å². The lowest BCUT2D eigenvalue weighted by molar-refractivity contribution is -0.0244. The van der Waals surface area contributed by atoms with Gasteiger partial charge in [0, 0.05) is 0 Å². The van der Waals surface area contributed by atoms with E-state index in [9.17, 15) is 15.3 Å². The normalized spacial score (nSPS) is 32.2. The van der Waals surface area contributed by atoms with Crippen molar-refractivity contribution in [1.82, 2.24) is 19.5 Å². The summed E-state index contributed by atoms with van der Waals surface area (Å²) in [5.74, 6) is 0. The molecule has 2 heterocycles. The second kappa shape index (κ2) is 4.13. The van der Waals surface area contributed by atoms with Gasteiger partial charge in [0.15, 0.2) is 10.8 Å². The van der Waals surface area contributed by atoms with Gasteiger partial charge in [0.2, 0.25) is 0 Å². The van der Waals surface area contributed by atoms with Gasteiger partial charge < -0.3 is 19.9 Å². The number of aromatic nitrogens is 4. The summed E-state index contributed by atoms with van der Waals surface area (Å²) in [6.07, 6.45) is -0.174. The summed E-state index contributed by atoms with van der Waals surface area (Å²) in [7, 11) is 0. The molecule has 7 nitrogen and oxygen atoms in total. The van der Waals surface area contributed by atoms with Gasteiger partial charge in [0.05, 0.1) is 18.5 Å². The Morgan fingerprint density at radius 2 is 1.94 bits per heavy atom. The second-order valence-corrected chi connectivity index (χ2v) is 4.70. The Morgan fingerprint density at radius 3 is 2.61 bits per heavy atom. The Morgan fingerprint density at radius 1 is 1.17 bits per heavy atom. The average Bonchev–Trinajstić information content (AvgIpc) is 2.88. The predicted octanol–water partition coefficient (Wildman–Crippen LogP) is -0.493. The number of aliphatic hydroxyl groups excluding tert-OH is 3. The Balaban J connectivity index is 2.08. The summed E-state index contributed by atoms with van der Waals surface area (Å²) in [4.78, 5) is 12.0. The first-order chi connectivity index (χ1) is 8.59. The highest BCUT2D eigenvalue weighted by atomic mass is 35.5. The molecule has 0 radical (unpaired) electrons. The van der Waals surface area contributed by atoms with Crippen LogP contribution in [0, 0.1) is 0 Å². The highest BCUT2D eigenvalue weighted by Gasteiger charge is 2.42. The van der Waals surface area contributed by atoms with Crippen molar-refractivity contribution in [2.75, 3.05) is 0 Å². The van der Waals surface area contributed by atoms with Crippen molar-refractivity contribution in [3.05, 3.63) is 17.8 Å². The average molecular weight is 271 g/mol. The zero-order valence-corrected chi connectivity index (χ0v) is 9.94. The fourth-order valence-electron chi connectivity index (χ4n) is 2.33. The van der Waals surface area contributed by atoms with Crippen LogP contribution >= 0.6 is 11.6 Å². The van der Waals surface area contributed by atoms with Crippen LogP contribution in [0.5, 0.6) is 0 Å². The monoisotopic (exact) mass is 270 g/mol. The lowest BCUT2D eigenvalue weighted by Crippen LogP contribution is -2.31. The van der Waals surface area contributed by atoms with Crippen LogP contribution in [0.1, 0.15) is 12.5 Å². The first-order valence-corrected chi connectivity index (χ1v) is 5.84. The van der Waals surface area contributed by atoms with E-state index in [0.717, 1.165) is 0 Å². The molecule has 3 N–H and O–H groups in total. The van der Waals surface area contributed by atoms with Crippen LogP contribution < -0.4 is 0 Å². The molecule has 0 saturated heterocycles. The summed E-state index contributed by atoms with van der Waals surface area (Å²) in [6.45, 7) is 0. The van der Waals surface area contributed by atoms with Gasteiger partial charge in [-0.2, -0.15) is 0 Å². The zero-order valence-electron chi connectivity index (χ0n) is 9.18. The van der Waals surface area contributed by atoms with Gasteiger partial charge in [0.1, 0.15) is 24.1 Å². The van der Waals surface area contributed by atoms with E-state index < -0.39 is 24.4 Å². The molecular formula is C10H11ClN4O3. The van der Waals surface area contributed by atoms with Gasteiger partial charge >= 0.3 is 0 Å². The van der Waals surface area contributed by atoms with Crippen LogP contribution in [-0.2, 0) is 0 Å². The van der Waals surface area contributed by atoms with E-state index in [0.29, 0.717) is 11.2 Å². The number of imidazole rings is 1. The van der Waals surface area contributed by atoms with E-state index in [-0.39, 0.29) is 11.6 Å². The lowest BCUT2D eigenvalue weighted by Gasteiger charge is -2.17. The summed E-state index contributed by atoms with van der Waals surface area (Å²) in [6, 6.07) is -0.481. The van der Waals surface area contributed by atoms with Gasteiger partial charge in [-0.05, 0) is 6.42 Å². The molecule has 3 rings (SSSR count). The van der Waals surface area contributed by atoms with E-state index in [1.54, 1.807) is 4.57 Å². The van der Waals surface area contributed by atoms with E-state index in [1.807, 2.05) is 0 Å². The number of nitrogens with zero attached hydrogens (tertiary/aromatic N) is 4. The largest absolute Gasteiger partial charge is 0.390 e. The molecule has 1 saturated carbocycles. The van der Waals surface area contributed by atoms with Crippen LogP contribution in [0.15, 0.2) is 12.7 Å². The number of rotatable bonds is 1. The summed E-state index contributed by atoms with van der Waals surface area (Å²) in [5, 5.41) is 29.3. The van der Waals surface area contributed by atoms with E-state index in [2.05, 4.69) is 15.0 Å². The molecule has 2 aromatic rings. The maximum atomic E-state index is 9.89. The van der Waals surface area contributed by atoms with E-state index in [1.165, 1.54) is 12.7 Å². The third kappa shape index (κ3) is 1.59. The summed E-state index contributed by atoms with van der Waals surface area (Å²) < 4.78 is 1.60. The minimum absolute atomic E-state index is 0.229. The molecule has 0 bridgehead atoms. The molecular weight excluding hydrogens is 260 g/mol. The smallest absolute Gasteiger partial charge is 0.165 e. The second-order valence-electron chi connectivity index (χ2n) is 4.34. The van der Waals surface area contributed by atoms with Crippen LogP contribution in [0.25, 0.3) is 11.2 Å². The van der Waals surface area contributed by atoms with Gasteiger partial charge in [-0.15, -0.1) is 0 Å². The lowest BCUT2D eigenvalue weighted by atomic mass is 10.2. The quantitative estimate of drug-likeness (QED) is 0.604. The van der Waals surface area contributed by atoms with Crippen molar-refractivity contribution >= 4 is 22.8 Å². The van der Waals surface area contributed by atoms with E-state index >= 15 is 0 Å². The topological polar surface area (TPSA) is 104 Å². The summed E-state index contributed by atoms with van der Waals surface area (Å²) in [5.41, 5.74) is 0.905. The van der Waals surface area contributed by atoms with Gasteiger partial charge in [-0.3, -0.25) is 0 Å². The van der Waals surface area contributed by atoms with Gasteiger partial charge in [-0.1, -0.05) is 11.6 Å². The van der Waals surface area contributed by atoms with Crippen LogP contribution in [-0.4, -0.2) is 53.2 Å². The predicted molar refractivity (Wildman–Crippen MR) is 62.0 cm³/mol. The van der Waals surface area contributed by atoms with Gasteiger partial charge in [0.25, 0.3) is 0 Å². The Hall–Kier alpha value is -1.28. The number of fused-ring (bicyclic) bond motifs is 1. The molecule has 0 amide bonds. The number of aliphatic hydroxyl groups is 3. The molecule has 0 aliphatic heterocycles. The molecule has 0 spiro atoms. The fraction of sp³-hybridized carbons (Fsp3) is 0.500. The molecule has 96 valence electrons. The minimum Gasteiger partial charge on any atom is -0.390 e. The van der Waals surface area contributed by atoms with Gasteiger partial charge in [-0.25, -0.2) is 15.0 Å². The molecule has 1 aliphatic rings. The fourth-order valence-corrected chi connectivity index (χ4v) is 2.50. The van der Waals surface area contributed by atoms with Crippen LogP contribution in [0.2, 0.25) is 5.15 Å². The maximum absolute atomic E-state index is 9.89.